The molecule has 2 saturated heterocycles. The summed E-state index contributed by atoms with van der Waals surface area (Å²) < 4.78 is 13.8. The Labute approximate surface area is 181 Å². The van der Waals surface area contributed by atoms with Crippen LogP contribution in [0.25, 0.3) is 0 Å². The maximum Gasteiger partial charge on any atom is 0.332 e. The number of thiophene rings is 1. The minimum atomic E-state index is -1.10. The molecule has 0 bridgehead atoms. The van der Waals surface area contributed by atoms with Crippen molar-refractivity contribution >= 4 is 40.8 Å². The molecular formula is C21H20FN3O5S. The number of likely N-dealkylation sites (tertiary alicyclic amines) is 1. The molecule has 4 amide bonds. The summed E-state index contributed by atoms with van der Waals surface area (Å²) in [5.74, 6) is -2.75. The molecule has 4 rings (SSSR count). The molecule has 1 aromatic heterocycles. The number of fused-ring (bicyclic) bond motifs is 1. The largest absolute Gasteiger partial charge is 0.481 e. The van der Waals surface area contributed by atoms with Crippen molar-refractivity contribution in [2.75, 3.05) is 11.4 Å². The Hall–Kier alpha value is -3.27. The van der Waals surface area contributed by atoms with Gasteiger partial charge in [0.05, 0.1) is 24.7 Å². The molecule has 8 nitrogen and oxygen atoms in total. The number of rotatable bonds is 6. The molecule has 10 heteroatoms. The maximum atomic E-state index is 13.8. The third kappa shape index (κ3) is 4.02. The van der Waals surface area contributed by atoms with Crippen molar-refractivity contribution < 1.29 is 28.7 Å². The topological polar surface area (TPSA) is 98.2 Å². The number of carbonyl (C=O) groups excluding carboxylic acids is 3. The second-order valence-corrected chi connectivity index (χ2v) is 8.46. The number of hydrogen-bond donors (Lipinski definition) is 1. The lowest BCUT2D eigenvalue weighted by Crippen LogP contribution is -2.65. The van der Waals surface area contributed by atoms with Crippen LogP contribution in [0.2, 0.25) is 0 Å². The molecule has 31 heavy (non-hydrogen) atoms. The fraction of sp³-hybridized carbons (Fsp3) is 0.333. The highest BCUT2D eigenvalue weighted by Gasteiger charge is 2.53. The smallest absolute Gasteiger partial charge is 0.332 e. The van der Waals surface area contributed by atoms with E-state index in [9.17, 15) is 23.6 Å². The molecule has 0 aliphatic carbocycles. The molecule has 2 aliphatic heterocycles. The number of aliphatic carboxylic acids is 1. The lowest BCUT2D eigenvalue weighted by molar-refractivity contribution is -0.143. The SMILES string of the molecule is O=C(O)CCC(=O)N1CC[C@@H]2[C@H]1C(=O)N(c1cccc(F)c1)C(=O)N2Cc1cccs1. The first-order valence-corrected chi connectivity index (χ1v) is 10.7. The van der Waals surface area contributed by atoms with Crippen LogP contribution in [0.1, 0.15) is 24.1 Å². The number of hydrogen-bond acceptors (Lipinski definition) is 5. The summed E-state index contributed by atoms with van der Waals surface area (Å²) in [5.41, 5.74) is 0.0921. The number of halogens is 1. The van der Waals surface area contributed by atoms with Gasteiger partial charge < -0.3 is 14.9 Å². The fourth-order valence-corrected chi connectivity index (χ4v) is 4.85. The number of nitrogens with zero attached hydrogens (tertiary/aromatic N) is 3. The molecule has 0 saturated carbocycles. The van der Waals surface area contributed by atoms with E-state index in [1.54, 1.807) is 4.90 Å². The highest BCUT2D eigenvalue weighted by Crippen LogP contribution is 2.35. The number of benzene rings is 1. The predicted molar refractivity (Wildman–Crippen MR) is 110 cm³/mol. The summed E-state index contributed by atoms with van der Waals surface area (Å²) in [7, 11) is 0. The normalized spacial score (nSPS) is 20.9. The van der Waals surface area contributed by atoms with E-state index in [1.165, 1.54) is 34.4 Å². The van der Waals surface area contributed by atoms with Gasteiger partial charge in [0.15, 0.2) is 0 Å². The van der Waals surface area contributed by atoms with Crippen LogP contribution in [0.15, 0.2) is 41.8 Å². The summed E-state index contributed by atoms with van der Waals surface area (Å²) in [5, 5.41) is 10.8. The quantitative estimate of drug-likeness (QED) is 0.737. The number of carboxylic acids is 1. The maximum absolute atomic E-state index is 13.8. The van der Waals surface area contributed by atoms with Crippen LogP contribution in [-0.2, 0) is 20.9 Å². The third-order valence-corrected chi connectivity index (χ3v) is 6.38. The van der Waals surface area contributed by atoms with E-state index in [4.69, 9.17) is 5.11 Å². The van der Waals surface area contributed by atoms with Crippen molar-refractivity contribution in [2.24, 2.45) is 0 Å². The van der Waals surface area contributed by atoms with E-state index in [1.807, 2.05) is 17.5 Å². The molecule has 2 aliphatic rings. The van der Waals surface area contributed by atoms with Crippen molar-refractivity contribution in [2.45, 2.75) is 37.9 Å². The molecule has 0 unspecified atom stereocenters. The highest BCUT2D eigenvalue weighted by molar-refractivity contribution is 7.09. The fourth-order valence-electron chi connectivity index (χ4n) is 4.14. The first-order valence-electron chi connectivity index (χ1n) is 9.80. The second-order valence-electron chi connectivity index (χ2n) is 7.43. The van der Waals surface area contributed by atoms with Gasteiger partial charge in [-0.1, -0.05) is 12.1 Å². The molecule has 2 atom stereocenters. The number of carboxylic acid groups (broad SMARTS) is 1. The van der Waals surface area contributed by atoms with Crippen molar-refractivity contribution in [1.29, 1.82) is 0 Å². The zero-order valence-electron chi connectivity index (χ0n) is 16.4. The van der Waals surface area contributed by atoms with Crippen LogP contribution in [0.5, 0.6) is 0 Å². The third-order valence-electron chi connectivity index (χ3n) is 5.52. The molecule has 0 spiro atoms. The van der Waals surface area contributed by atoms with E-state index in [2.05, 4.69) is 0 Å². The van der Waals surface area contributed by atoms with E-state index in [0.29, 0.717) is 6.42 Å². The van der Waals surface area contributed by atoms with Crippen molar-refractivity contribution in [3.63, 3.8) is 0 Å². The van der Waals surface area contributed by atoms with E-state index in [0.717, 1.165) is 15.8 Å². The van der Waals surface area contributed by atoms with Crippen LogP contribution >= 0.6 is 11.3 Å². The van der Waals surface area contributed by atoms with Gasteiger partial charge in [-0.25, -0.2) is 14.1 Å². The van der Waals surface area contributed by atoms with Gasteiger partial charge in [0.2, 0.25) is 5.91 Å². The van der Waals surface area contributed by atoms with Crippen molar-refractivity contribution in [3.8, 4) is 0 Å². The number of urea groups is 1. The minimum Gasteiger partial charge on any atom is -0.481 e. The molecule has 1 aromatic carbocycles. The molecule has 0 radical (unpaired) electrons. The van der Waals surface area contributed by atoms with E-state index < -0.39 is 41.7 Å². The van der Waals surface area contributed by atoms with Gasteiger partial charge in [-0.15, -0.1) is 11.3 Å². The van der Waals surface area contributed by atoms with Crippen LogP contribution in [0.4, 0.5) is 14.9 Å². The van der Waals surface area contributed by atoms with Gasteiger partial charge in [-0.2, -0.15) is 0 Å². The van der Waals surface area contributed by atoms with Crippen LogP contribution < -0.4 is 4.90 Å². The summed E-state index contributed by atoms with van der Waals surface area (Å²) in [6, 6.07) is 6.89. The Bertz CT molecular complexity index is 1030. The number of carbonyl (C=O) groups is 4. The lowest BCUT2D eigenvalue weighted by atomic mass is 10.0. The van der Waals surface area contributed by atoms with Gasteiger partial charge >= 0.3 is 12.0 Å². The zero-order chi connectivity index (χ0) is 22.1. The zero-order valence-corrected chi connectivity index (χ0v) is 17.3. The molecule has 2 fully saturated rings. The first-order chi connectivity index (χ1) is 14.9. The van der Waals surface area contributed by atoms with E-state index in [-0.39, 0.29) is 31.6 Å². The van der Waals surface area contributed by atoms with Gasteiger partial charge in [0, 0.05) is 17.8 Å². The molecule has 1 N–H and O–H groups in total. The Kier molecular flexibility index (Phi) is 5.73. The van der Waals surface area contributed by atoms with Gasteiger partial charge in [-0.05, 0) is 36.1 Å². The minimum absolute atomic E-state index is 0.0921. The standard InChI is InChI=1S/C21H20FN3O5S/c22-13-3-1-4-14(11-13)25-20(29)19-16(8-9-23(19)17(26)6-7-18(27)28)24(21(25)30)12-15-5-2-10-31-15/h1-5,10-11,16,19H,6-9,12H2,(H,27,28)/t16-,19+/m1/s1. The summed E-state index contributed by atoms with van der Waals surface area (Å²) in [6.45, 7) is 0.499. The van der Waals surface area contributed by atoms with Crippen LogP contribution in [-0.4, -0.2) is 57.3 Å². The Balaban J connectivity index is 1.69. The Morgan fingerprint density at radius 3 is 2.65 bits per heavy atom. The number of imide groups is 1. The summed E-state index contributed by atoms with van der Waals surface area (Å²) in [6.07, 6.45) is -0.166. The molecule has 162 valence electrons. The average molecular weight is 445 g/mol. The van der Waals surface area contributed by atoms with Gasteiger partial charge in [-0.3, -0.25) is 14.4 Å². The number of anilines is 1. The monoisotopic (exact) mass is 445 g/mol. The predicted octanol–water partition coefficient (Wildman–Crippen LogP) is 2.69. The second kappa shape index (κ2) is 8.46. The van der Waals surface area contributed by atoms with Gasteiger partial charge in [0.1, 0.15) is 11.9 Å². The van der Waals surface area contributed by atoms with Crippen molar-refractivity contribution in [3.05, 3.63) is 52.5 Å². The summed E-state index contributed by atoms with van der Waals surface area (Å²) in [4.78, 5) is 55.0. The van der Waals surface area contributed by atoms with Crippen LogP contribution in [0, 0.1) is 5.82 Å². The first kappa shape index (κ1) is 21.0. The average Bonchev–Trinajstić information content (AvgIpc) is 3.39. The van der Waals surface area contributed by atoms with Crippen LogP contribution in [0.3, 0.4) is 0 Å². The molecule has 3 heterocycles. The van der Waals surface area contributed by atoms with Gasteiger partial charge in [0.25, 0.3) is 5.91 Å². The van der Waals surface area contributed by atoms with E-state index >= 15 is 0 Å². The lowest BCUT2D eigenvalue weighted by Gasteiger charge is -2.43. The van der Waals surface area contributed by atoms with Crippen molar-refractivity contribution in [1.82, 2.24) is 9.80 Å². The highest BCUT2D eigenvalue weighted by atomic mass is 32.1. The Morgan fingerprint density at radius 2 is 1.97 bits per heavy atom. The molecular weight excluding hydrogens is 425 g/mol. The Morgan fingerprint density at radius 1 is 1.16 bits per heavy atom. The summed E-state index contributed by atoms with van der Waals surface area (Å²) >= 11 is 1.47. The number of amides is 4. The molecule has 2 aromatic rings.